The van der Waals surface area contributed by atoms with Crippen LogP contribution in [0.4, 0.5) is 10.5 Å². The molecule has 1 saturated heterocycles. The molecule has 0 bridgehead atoms. The molecule has 0 saturated carbocycles. The molecule has 0 spiro atoms. The molecule has 1 aliphatic rings. The second-order valence-corrected chi connectivity index (χ2v) is 8.14. The van der Waals surface area contributed by atoms with Gasteiger partial charge in [0.15, 0.2) is 0 Å². The van der Waals surface area contributed by atoms with Gasteiger partial charge in [0, 0.05) is 50.5 Å². The van der Waals surface area contributed by atoms with Crippen LogP contribution in [0.2, 0.25) is 5.02 Å². The Labute approximate surface area is 184 Å². The molecular formula is C23H31ClN4O2. The van der Waals surface area contributed by atoms with E-state index in [2.05, 4.69) is 15.9 Å². The second-order valence-electron chi connectivity index (χ2n) is 7.70. The Morgan fingerprint density at radius 2 is 1.83 bits per heavy atom. The van der Waals surface area contributed by atoms with E-state index in [1.54, 1.807) is 7.05 Å². The zero-order valence-electron chi connectivity index (χ0n) is 17.6. The molecule has 162 valence electrons. The van der Waals surface area contributed by atoms with Gasteiger partial charge in [0.2, 0.25) is 0 Å². The van der Waals surface area contributed by atoms with E-state index in [9.17, 15) is 4.79 Å². The topological polar surface area (TPSA) is 62.0 Å². The molecule has 0 unspecified atom stereocenters. The number of benzene rings is 2. The van der Waals surface area contributed by atoms with E-state index in [-0.39, 0.29) is 0 Å². The average Bonchev–Trinajstić information content (AvgIpc) is 2.75. The highest BCUT2D eigenvalue weighted by molar-refractivity contribution is 6.30. The molecule has 2 amide bonds. The van der Waals surface area contributed by atoms with Crippen molar-refractivity contribution in [2.45, 2.75) is 19.4 Å². The van der Waals surface area contributed by atoms with E-state index in [4.69, 9.17) is 22.1 Å². The van der Waals surface area contributed by atoms with Crippen LogP contribution in [0.1, 0.15) is 18.4 Å². The highest BCUT2D eigenvalue weighted by atomic mass is 35.5. The molecule has 3 rings (SSSR count). The number of hydrogen-bond donors (Lipinski definition) is 1. The van der Waals surface area contributed by atoms with Crippen molar-refractivity contribution in [1.82, 2.24) is 9.80 Å². The molecule has 2 N–H and O–H groups in total. The third-order valence-electron chi connectivity index (χ3n) is 5.40. The minimum Gasteiger partial charge on any atom is -0.494 e. The SMILES string of the molecule is CN(Cc1ccc(OCCCCN2CCN(c3cccc(Cl)c3)CC2)cc1)C(N)=O. The van der Waals surface area contributed by atoms with Gasteiger partial charge in [0.25, 0.3) is 0 Å². The number of amides is 2. The molecule has 2 aromatic rings. The molecule has 1 aliphatic heterocycles. The number of carbonyl (C=O) groups is 1. The van der Waals surface area contributed by atoms with Crippen LogP contribution < -0.4 is 15.4 Å². The monoisotopic (exact) mass is 430 g/mol. The van der Waals surface area contributed by atoms with Crippen LogP contribution in [-0.2, 0) is 6.54 Å². The Hall–Kier alpha value is -2.44. The van der Waals surface area contributed by atoms with Crippen LogP contribution >= 0.6 is 11.6 Å². The van der Waals surface area contributed by atoms with Gasteiger partial charge in [-0.3, -0.25) is 4.90 Å². The van der Waals surface area contributed by atoms with Gasteiger partial charge < -0.3 is 20.3 Å². The quantitative estimate of drug-likeness (QED) is 0.614. The number of hydrogen-bond acceptors (Lipinski definition) is 4. The van der Waals surface area contributed by atoms with Crippen molar-refractivity contribution in [2.75, 3.05) is 51.3 Å². The number of unbranched alkanes of at least 4 members (excludes halogenated alkanes) is 1. The molecule has 2 aromatic carbocycles. The number of ether oxygens (including phenoxy) is 1. The minimum absolute atomic E-state index is 0.429. The van der Waals surface area contributed by atoms with Gasteiger partial charge >= 0.3 is 6.03 Å². The highest BCUT2D eigenvalue weighted by Gasteiger charge is 2.16. The normalized spacial score (nSPS) is 14.5. The minimum atomic E-state index is -0.429. The Morgan fingerprint density at radius 3 is 2.50 bits per heavy atom. The summed E-state index contributed by atoms with van der Waals surface area (Å²) in [4.78, 5) is 17.5. The first-order valence-electron chi connectivity index (χ1n) is 10.5. The Bertz CT molecular complexity index is 807. The van der Waals surface area contributed by atoms with Gasteiger partial charge in [0.1, 0.15) is 5.75 Å². The van der Waals surface area contributed by atoms with Crippen molar-refractivity contribution in [3.8, 4) is 5.75 Å². The van der Waals surface area contributed by atoms with Crippen molar-refractivity contribution in [1.29, 1.82) is 0 Å². The number of nitrogens with zero attached hydrogens (tertiary/aromatic N) is 3. The third kappa shape index (κ3) is 6.82. The lowest BCUT2D eigenvalue weighted by Gasteiger charge is -2.36. The fourth-order valence-electron chi connectivity index (χ4n) is 3.57. The Balaban J connectivity index is 1.29. The Kier molecular flexibility index (Phi) is 8.22. The van der Waals surface area contributed by atoms with Gasteiger partial charge in [-0.2, -0.15) is 0 Å². The summed E-state index contributed by atoms with van der Waals surface area (Å²) in [5, 5.41) is 0.794. The fourth-order valence-corrected chi connectivity index (χ4v) is 3.76. The van der Waals surface area contributed by atoms with E-state index < -0.39 is 6.03 Å². The lowest BCUT2D eigenvalue weighted by molar-refractivity contribution is 0.216. The number of nitrogens with two attached hydrogens (primary N) is 1. The third-order valence-corrected chi connectivity index (χ3v) is 5.64. The van der Waals surface area contributed by atoms with Gasteiger partial charge in [-0.05, 0) is 55.3 Å². The van der Waals surface area contributed by atoms with Crippen LogP contribution in [0, 0.1) is 0 Å². The molecule has 0 atom stereocenters. The largest absolute Gasteiger partial charge is 0.494 e. The van der Waals surface area contributed by atoms with Gasteiger partial charge in [0.05, 0.1) is 6.61 Å². The average molecular weight is 431 g/mol. The van der Waals surface area contributed by atoms with Gasteiger partial charge in [-0.15, -0.1) is 0 Å². The summed E-state index contributed by atoms with van der Waals surface area (Å²) in [5.41, 5.74) is 7.49. The summed E-state index contributed by atoms with van der Waals surface area (Å²) in [5.74, 6) is 0.857. The lowest BCUT2D eigenvalue weighted by Crippen LogP contribution is -2.46. The molecule has 0 aliphatic carbocycles. The molecule has 7 heteroatoms. The van der Waals surface area contributed by atoms with Crippen LogP contribution in [0.25, 0.3) is 0 Å². The maximum atomic E-state index is 11.1. The number of carbonyl (C=O) groups excluding carboxylic acids is 1. The number of anilines is 1. The number of rotatable bonds is 9. The number of piperazine rings is 1. The van der Waals surface area contributed by atoms with Crippen molar-refractivity contribution in [3.05, 3.63) is 59.1 Å². The standard InChI is InChI=1S/C23H31ClN4O2/c1-26(23(25)29)18-19-7-9-22(10-8-19)30-16-3-2-11-27-12-14-28(15-13-27)21-6-4-5-20(24)17-21/h4-10,17H,2-3,11-16,18H2,1H3,(H2,25,29). The number of primary amides is 1. The van der Waals surface area contributed by atoms with Crippen molar-refractivity contribution >= 4 is 23.3 Å². The first-order valence-corrected chi connectivity index (χ1v) is 10.8. The summed E-state index contributed by atoms with van der Waals surface area (Å²) >= 11 is 6.11. The zero-order valence-corrected chi connectivity index (χ0v) is 18.4. The molecular weight excluding hydrogens is 400 g/mol. The Morgan fingerprint density at radius 1 is 1.10 bits per heavy atom. The first-order chi connectivity index (χ1) is 14.5. The van der Waals surface area contributed by atoms with Crippen LogP contribution in [0.15, 0.2) is 48.5 Å². The number of halogens is 1. The number of urea groups is 1. The van der Waals surface area contributed by atoms with Crippen molar-refractivity contribution in [2.24, 2.45) is 5.73 Å². The molecule has 0 radical (unpaired) electrons. The summed E-state index contributed by atoms with van der Waals surface area (Å²) in [6.45, 7) is 6.54. The molecule has 6 nitrogen and oxygen atoms in total. The highest BCUT2D eigenvalue weighted by Crippen LogP contribution is 2.21. The van der Waals surface area contributed by atoms with E-state index in [1.165, 1.54) is 10.6 Å². The fraction of sp³-hybridized carbons (Fsp3) is 0.435. The summed E-state index contributed by atoms with van der Waals surface area (Å²) in [6, 6.07) is 15.5. The smallest absolute Gasteiger partial charge is 0.314 e. The molecule has 1 heterocycles. The molecule has 30 heavy (non-hydrogen) atoms. The predicted octanol–water partition coefficient (Wildman–Crippen LogP) is 3.83. The van der Waals surface area contributed by atoms with Crippen LogP contribution in [0.3, 0.4) is 0 Å². The maximum absolute atomic E-state index is 11.1. The molecule has 1 fully saturated rings. The van der Waals surface area contributed by atoms with Crippen LogP contribution in [0.5, 0.6) is 5.75 Å². The van der Waals surface area contributed by atoms with E-state index in [1.807, 2.05) is 42.5 Å². The van der Waals surface area contributed by atoms with Gasteiger partial charge in [-0.25, -0.2) is 4.79 Å². The summed E-state index contributed by atoms with van der Waals surface area (Å²) < 4.78 is 5.84. The van der Waals surface area contributed by atoms with Crippen LogP contribution in [-0.4, -0.2) is 62.2 Å². The zero-order chi connectivity index (χ0) is 21.3. The van der Waals surface area contributed by atoms with E-state index in [0.29, 0.717) is 13.2 Å². The molecule has 0 aromatic heterocycles. The first kappa shape index (κ1) is 22.2. The van der Waals surface area contributed by atoms with E-state index in [0.717, 1.165) is 61.9 Å². The van der Waals surface area contributed by atoms with Crippen molar-refractivity contribution < 1.29 is 9.53 Å². The summed E-state index contributed by atoms with van der Waals surface area (Å²) in [6.07, 6.45) is 2.15. The summed E-state index contributed by atoms with van der Waals surface area (Å²) in [7, 11) is 1.68. The van der Waals surface area contributed by atoms with E-state index >= 15 is 0 Å². The lowest BCUT2D eigenvalue weighted by atomic mass is 10.2. The van der Waals surface area contributed by atoms with Gasteiger partial charge in [-0.1, -0.05) is 29.8 Å². The maximum Gasteiger partial charge on any atom is 0.314 e. The van der Waals surface area contributed by atoms with Crippen molar-refractivity contribution in [3.63, 3.8) is 0 Å². The second kappa shape index (κ2) is 11.1. The predicted molar refractivity (Wildman–Crippen MR) is 122 cm³/mol.